The van der Waals surface area contributed by atoms with Crippen molar-refractivity contribution in [3.8, 4) is 9.88 Å². The number of nitrogens with one attached hydrogen (secondary N) is 2. The van der Waals surface area contributed by atoms with E-state index >= 15 is 0 Å². The van der Waals surface area contributed by atoms with Crippen LogP contribution in [-0.2, 0) is 16.0 Å². The molecule has 1 aliphatic heterocycles. The lowest BCUT2D eigenvalue weighted by atomic mass is 9.82. The number of urea groups is 1. The van der Waals surface area contributed by atoms with Gasteiger partial charge in [0.25, 0.3) is 5.91 Å². The molecule has 2 N–H and O–H groups in total. The molecule has 2 aliphatic rings. The van der Waals surface area contributed by atoms with Crippen LogP contribution in [0.4, 0.5) is 4.79 Å². The third kappa shape index (κ3) is 3.12. The van der Waals surface area contributed by atoms with Gasteiger partial charge in [-0.05, 0) is 24.3 Å². The smallest absolute Gasteiger partial charge is 0.322 e. The Bertz CT molecular complexity index is 840. The Morgan fingerprint density at radius 1 is 1.27 bits per heavy atom. The number of rotatable bonds is 4. The standard InChI is InChI=1S/C17H18N4O3S2/c22-13(9-11-10-26-14(18-11)12-5-4-8-25-12)20-21-15(23)17(19-16(21)24)6-2-1-3-7-17/h4-5,8,10H,1-3,6-7,9H2,(H,19,24)(H,20,22). The largest absolute Gasteiger partial charge is 0.344 e. The molecular formula is C17H18N4O3S2. The molecule has 26 heavy (non-hydrogen) atoms. The van der Waals surface area contributed by atoms with Crippen molar-refractivity contribution in [3.63, 3.8) is 0 Å². The number of amides is 4. The number of hydrogen-bond acceptors (Lipinski definition) is 6. The number of thiophene rings is 1. The fraction of sp³-hybridized carbons (Fsp3) is 0.412. The van der Waals surface area contributed by atoms with Gasteiger partial charge in [-0.2, -0.15) is 5.01 Å². The number of nitrogens with zero attached hydrogens (tertiary/aromatic N) is 2. The van der Waals surface area contributed by atoms with Crippen molar-refractivity contribution in [3.05, 3.63) is 28.6 Å². The van der Waals surface area contributed by atoms with E-state index in [-0.39, 0.29) is 12.3 Å². The van der Waals surface area contributed by atoms with Gasteiger partial charge in [0.05, 0.1) is 17.0 Å². The van der Waals surface area contributed by atoms with E-state index < -0.39 is 17.5 Å². The maximum absolute atomic E-state index is 12.7. The van der Waals surface area contributed by atoms with Crippen LogP contribution in [0.2, 0.25) is 0 Å². The van der Waals surface area contributed by atoms with Gasteiger partial charge in [-0.3, -0.25) is 15.0 Å². The van der Waals surface area contributed by atoms with E-state index in [2.05, 4.69) is 15.7 Å². The molecule has 136 valence electrons. The highest BCUT2D eigenvalue weighted by Gasteiger charge is 2.52. The molecule has 2 fully saturated rings. The number of hydrogen-bond donors (Lipinski definition) is 2. The lowest BCUT2D eigenvalue weighted by molar-refractivity contribution is -0.139. The lowest BCUT2D eigenvalue weighted by Gasteiger charge is -2.30. The second-order valence-corrected chi connectivity index (χ2v) is 8.35. The van der Waals surface area contributed by atoms with E-state index in [4.69, 9.17) is 0 Å². The highest BCUT2D eigenvalue weighted by molar-refractivity contribution is 7.20. The molecule has 2 aromatic heterocycles. The van der Waals surface area contributed by atoms with Crippen molar-refractivity contribution in [2.24, 2.45) is 0 Å². The number of carbonyl (C=O) groups excluding carboxylic acids is 3. The van der Waals surface area contributed by atoms with Crippen LogP contribution in [0.1, 0.15) is 37.8 Å². The first kappa shape index (κ1) is 17.2. The molecule has 4 rings (SSSR count). The Labute approximate surface area is 158 Å². The predicted molar refractivity (Wildman–Crippen MR) is 98.5 cm³/mol. The molecule has 0 unspecified atom stereocenters. The summed E-state index contributed by atoms with van der Waals surface area (Å²) < 4.78 is 0. The Morgan fingerprint density at radius 3 is 2.81 bits per heavy atom. The van der Waals surface area contributed by atoms with Gasteiger partial charge >= 0.3 is 6.03 Å². The summed E-state index contributed by atoms with van der Waals surface area (Å²) in [6.07, 6.45) is 4.14. The third-order valence-corrected chi connectivity index (χ3v) is 6.66. The summed E-state index contributed by atoms with van der Waals surface area (Å²) >= 11 is 3.06. The zero-order valence-electron chi connectivity index (χ0n) is 14.0. The number of hydrazine groups is 1. The Hall–Kier alpha value is -2.26. The van der Waals surface area contributed by atoms with Crippen LogP contribution in [0, 0.1) is 0 Å². The molecule has 9 heteroatoms. The average Bonchev–Trinajstić information content (AvgIpc) is 3.34. The summed E-state index contributed by atoms with van der Waals surface area (Å²) in [5, 5.41) is 8.26. The Kier molecular flexibility index (Phi) is 4.49. The van der Waals surface area contributed by atoms with Gasteiger partial charge < -0.3 is 5.32 Å². The Balaban J connectivity index is 1.40. The first-order valence-corrected chi connectivity index (χ1v) is 10.3. The predicted octanol–water partition coefficient (Wildman–Crippen LogP) is 2.70. The molecule has 0 atom stereocenters. The van der Waals surface area contributed by atoms with Crippen molar-refractivity contribution in [1.82, 2.24) is 20.7 Å². The van der Waals surface area contributed by atoms with Crippen molar-refractivity contribution < 1.29 is 14.4 Å². The van der Waals surface area contributed by atoms with Crippen LogP contribution >= 0.6 is 22.7 Å². The zero-order chi connectivity index (χ0) is 18.1. The highest BCUT2D eigenvalue weighted by Crippen LogP contribution is 2.33. The molecule has 1 spiro atoms. The molecule has 0 radical (unpaired) electrons. The Morgan fingerprint density at radius 2 is 2.08 bits per heavy atom. The van der Waals surface area contributed by atoms with Crippen LogP contribution in [0.5, 0.6) is 0 Å². The van der Waals surface area contributed by atoms with E-state index in [1.807, 2.05) is 22.9 Å². The van der Waals surface area contributed by atoms with Crippen molar-refractivity contribution in [2.75, 3.05) is 0 Å². The van der Waals surface area contributed by atoms with Crippen molar-refractivity contribution in [1.29, 1.82) is 0 Å². The molecule has 1 aliphatic carbocycles. The van der Waals surface area contributed by atoms with Gasteiger partial charge in [-0.15, -0.1) is 22.7 Å². The minimum Gasteiger partial charge on any atom is -0.322 e. The van der Waals surface area contributed by atoms with E-state index in [0.717, 1.165) is 34.2 Å². The second kappa shape index (κ2) is 6.81. The van der Waals surface area contributed by atoms with Gasteiger partial charge in [0.2, 0.25) is 5.91 Å². The van der Waals surface area contributed by atoms with Crippen LogP contribution in [0.15, 0.2) is 22.9 Å². The summed E-state index contributed by atoms with van der Waals surface area (Å²) in [6.45, 7) is 0. The monoisotopic (exact) mass is 390 g/mol. The van der Waals surface area contributed by atoms with Crippen molar-refractivity contribution >= 4 is 40.5 Å². The number of thiazole rings is 1. The van der Waals surface area contributed by atoms with Gasteiger partial charge in [0, 0.05) is 5.38 Å². The molecule has 0 bridgehead atoms. The van der Waals surface area contributed by atoms with E-state index in [1.165, 1.54) is 11.3 Å². The lowest BCUT2D eigenvalue weighted by Crippen LogP contribution is -2.51. The SMILES string of the molecule is O=C(Cc1csc(-c2cccs2)n1)NN1C(=O)NC2(CCCCC2)C1=O. The summed E-state index contributed by atoms with van der Waals surface area (Å²) in [5.74, 6) is -0.780. The van der Waals surface area contributed by atoms with E-state index in [0.29, 0.717) is 18.5 Å². The van der Waals surface area contributed by atoms with Crippen LogP contribution in [0.3, 0.4) is 0 Å². The van der Waals surface area contributed by atoms with Crippen molar-refractivity contribution in [2.45, 2.75) is 44.1 Å². The summed E-state index contributed by atoms with van der Waals surface area (Å²) in [5.41, 5.74) is 2.23. The maximum atomic E-state index is 12.7. The van der Waals surface area contributed by atoms with Crippen LogP contribution in [-0.4, -0.2) is 33.4 Å². The number of imide groups is 1. The average molecular weight is 390 g/mol. The maximum Gasteiger partial charge on any atom is 0.344 e. The minimum absolute atomic E-state index is 0.0198. The zero-order valence-corrected chi connectivity index (χ0v) is 15.6. The van der Waals surface area contributed by atoms with Gasteiger partial charge in [0.15, 0.2) is 0 Å². The van der Waals surface area contributed by atoms with Gasteiger partial charge in [-0.25, -0.2) is 9.78 Å². The second-order valence-electron chi connectivity index (χ2n) is 6.55. The van der Waals surface area contributed by atoms with Crippen LogP contribution < -0.4 is 10.7 Å². The molecule has 1 saturated heterocycles. The quantitative estimate of drug-likeness (QED) is 0.785. The molecule has 1 saturated carbocycles. The summed E-state index contributed by atoms with van der Waals surface area (Å²) in [6, 6.07) is 3.37. The highest BCUT2D eigenvalue weighted by atomic mass is 32.1. The first-order chi connectivity index (χ1) is 12.6. The number of carbonyl (C=O) groups is 3. The fourth-order valence-electron chi connectivity index (χ4n) is 3.45. The first-order valence-electron chi connectivity index (χ1n) is 8.52. The fourth-order valence-corrected chi connectivity index (χ4v) is 5.08. The van der Waals surface area contributed by atoms with Gasteiger partial charge in [-0.1, -0.05) is 25.3 Å². The van der Waals surface area contributed by atoms with E-state index in [9.17, 15) is 14.4 Å². The molecule has 2 aromatic rings. The topological polar surface area (TPSA) is 91.4 Å². The normalized spacial score (nSPS) is 19.0. The molecule has 3 heterocycles. The molecule has 0 aromatic carbocycles. The van der Waals surface area contributed by atoms with Crippen LogP contribution in [0.25, 0.3) is 9.88 Å². The minimum atomic E-state index is -0.838. The van der Waals surface area contributed by atoms with Gasteiger partial charge in [0.1, 0.15) is 10.5 Å². The molecule has 7 nitrogen and oxygen atoms in total. The molecular weight excluding hydrogens is 372 g/mol. The molecule has 4 amide bonds. The van der Waals surface area contributed by atoms with E-state index in [1.54, 1.807) is 11.3 Å². The number of aromatic nitrogens is 1. The summed E-state index contributed by atoms with van der Waals surface area (Å²) in [4.78, 5) is 42.6. The third-order valence-electron chi connectivity index (χ3n) is 4.73. The summed E-state index contributed by atoms with van der Waals surface area (Å²) in [7, 11) is 0.